The molecular formula is C16H22ClNO4S2. The fourth-order valence-corrected chi connectivity index (χ4v) is 8.55. The zero-order chi connectivity index (χ0) is 17.5. The molecule has 24 heavy (non-hydrogen) atoms. The lowest BCUT2D eigenvalue weighted by Gasteiger charge is -2.36. The summed E-state index contributed by atoms with van der Waals surface area (Å²) in [6.07, 6.45) is 1.95. The number of piperidine rings is 1. The highest BCUT2D eigenvalue weighted by atomic mass is 35.5. The molecule has 0 aliphatic carbocycles. The summed E-state index contributed by atoms with van der Waals surface area (Å²) in [5.41, 5.74) is 0. The van der Waals surface area contributed by atoms with Crippen molar-refractivity contribution in [2.75, 3.05) is 24.6 Å². The van der Waals surface area contributed by atoms with Gasteiger partial charge in [-0.05, 0) is 56.1 Å². The van der Waals surface area contributed by atoms with Gasteiger partial charge in [-0.3, -0.25) is 4.90 Å². The van der Waals surface area contributed by atoms with Gasteiger partial charge in [-0.2, -0.15) is 0 Å². The van der Waals surface area contributed by atoms with Crippen LogP contribution in [-0.4, -0.2) is 57.6 Å². The lowest BCUT2D eigenvalue weighted by Crippen LogP contribution is -2.49. The molecule has 8 heteroatoms. The quantitative estimate of drug-likeness (QED) is 0.788. The van der Waals surface area contributed by atoms with E-state index in [0.29, 0.717) is 10.9 Å². The Morgan fingerprint density at radius 3 is 2.25 bits per heavy atom. The molecule has 3 rings (SSSR count). The van der Waals surface area contributed by atoms with Gasteiger partial charge in [0.15, 0.2) is 19.7 Å². The van der Waals surface area contributed by atoms with E-state index in [1.807, 2.05) is 0 Å². The predicted molar refractivity (Wildman–Crippen MR) is 94.8 cm³/mol. The molecule has 5 nitrogen and oxygen atoms in total. The molecule has 2 heterocycles. The molecule has 1 aromatic carbocycles. The van der Waals surface area contributed by atoms with Gasteiger partial charge in [-0.1, -0.05) is 18.5 Å². The van der Waals surface area contributed by atoms with Crippen molar-refractivity contribution in [3.8, 4) is 0 Å². The van der Waals surface area contributed by atoms with Gasteiger partial charge < -0.3 is 0 Å². The fraction of sp³-hybridized carbons (Fsp3) is 0.625. The second-order valence-electron chi connectivity index (χ2n) is 6.90. The molecule has 2 aliphatic heterocycles. The maximum Gasteiger partial charge on any atom is 0.183 e. The second kappa shape index (κ2) is 6.59. The van der Waals surface area contributed by atoms with E-state index in [9.17, 15) is 16.8 Å². The molecule has 0 spiro atoms. The molecule has 0 radical (unpaired) electrons. The summed E-state index contributed by atoms with van der Waals surface area (Å²) in [7, 11) is -7.07. The largest absolute Gasteiger partial charge is 0.298 e. The van der Waals surface area contributed by atoms with Crippen molar-refractivity contribution >= 4 is 31.3 Å². The summed E-state index contributed by atoms with van der Waals surface area (Å²) in [6, 6.07) is 5.50. The van der Waals surface area contributed by atoms with Crippen molar-refractivity contribution in [2.45, 2.75) is 36.0 Å². The topological polar surface area (TPSA) is 71.5 Å². The Morgan fingerprint density at radius 1 is 1.08 bits per heavy atom. The number of rotatable bonds is 3. The minimum Gasteiger partial charge on any atom is -0.298 e. The average molecular weight is 392 g/mol. The Labute approximate surface area is 148 Å². The van der Waals surface area contributed by atoms with E-state index in [-0.39, 0.29) is 16.4 Å². The number of benzene rings is 1. The highest BCUT2D eigenvalue weighted by molar-refractivity contribution is 7.96. The maximum absolute atomic E-state index is 13.0. The number of halogens is 1. The zero-order valence-electron chi connectivity index (χ0n) is 13.6. The summed E-state index contributed by atoms with van der Waals surface area (Å²) >= 11 is 5.83. The smallest absolute Gasteiger partial charge is 0.183 e. The Hall–Kier alpha value is -0.630. The van der Waals surface area contributed by atoms with E-state index in [1.165, 1.54) is 24.3 Å². The van der Waals surface area contributed by atoms with Crippen LogP contribution in [0.15, 0.2) is 29.2 Å². The first-order valence-electron chi connectivity index (χ1n) is 8.13. The molecule has 2 atom stereocenters. The van der Waals surface area contributed by atoms with E-state index >= 15 is 0 Å². The third-order valence-electron chi connectivity index (χ3n) is 5.10. The van der Waals surface area contributed by atoms with Crippen LogP contribution in [0.3, 0.4) is 0 Å². The normalized spacial score (nSPS) is 28.9. The predicted octanol–water partition coefficient (Wildman–Crippen LogP) is 2.01. The average Bonchev–Trinajstić information content (AvgIpc) is 2.85. The van der Waals surface area contributed by atoms with Gasteiger partial charge in [0.25, 0.3) is 0 Å². The van der Waals surface area contributed by atoms with E-state index in [1.54, 1.807) is 0 Å². The molecule has 2 saturated heterocycles. The van der Waals surface area contributed by atoms with Crippen LogP contribution in [0.5, 0.6) is 0 Å². The van der Waals surface area contributed by atoms with Crippen LogP contribution >= 0.6 is 11.6 Å². The summed E-state index contributed by atoms with van der Waals surface area (Å²) in [5, 5.41) is -0.452. The van der Waals surface area contributed by atoms with Gasteiger partial charge in [-0.15, -0.1) is 0 Å². The van der Waals surface area contributed by atoms with Crippen molar-refractivity contribution in [1.29, 1.82) is 0 Å². The molecule has 2 aliphatic rings. The standard InChI is InChI=1S/C16H22ClNO4S2/c1-12-6-8-18(9-7-12)15-10-23(19,20)11-16(15)24(21,22)14-4-2-13(17)3-5-14/h2-5,12,15-16H,6-11H2,1H3. The first-order chi connectivity index (χ1) is 11.2. The number of hydrogen-bond donors (Lipinski definition) is 0. The summed E-state index contributed by atoms with van der Waals surface area (Å²) in [6.45, 7) is 3.69. The number of hydrogen-bond acceptors (Lipinski definition) is 5. The Balaban J connectivity index is 1.92. The van der Waals surface area contributed by atoms with Crippen molar-refractivity contribution < 1.29 is 16.8 Å². The highest BCUT2D eigenvalue weighted by Gasteiger charge is 2.48. The van der Waals surface area contributed by atoms with Crippen LogP contribution in [-0.2, 0) is 19.7 Å². The van der Waals surface area contributed by atoms with Crippen molar-refractivity contribution in [3.05, 3.63) is 29.3 Å². The molecule has 0 saturated carbocycles. The molecule has 0 aromatic heterocycles. The lowest BCUT2D eigenvalue weighted by molar-refractivity contribution is 0.151. The zero-order valence-corrected chi connectivity index (χ0v) is 15.9. The first-order valence-corrected chi connectivity index (χ1v) is 11.9. The molecule has 2 fully saturated rings. The number of likely N-dealkylation sites (tertiary alicyclic amines) is 1. The van der Waals surface area contributed by atoms with Crippen LogP contribution in [0.25, 0.3) is 0 Å². The molecule has 2 unspecified atom stereocenters. The number of nitrogens with zero attached hydrogens (tertiary/aromatic N) is 1. The maximum atomic E-state index is 13.0. The SMILES string of the molecule is CC1CCN(C2CS(=O)(=O)CC2S(=O)(=O)c2ccc(Cl)cc2)CC1. The Morgan fingerprint density at radius 2 is 1.67 bits per heavy atom. The van der Waals surface area contributed by atoms with Gasteiger partial charge >= 0.3 is 0 Å². The summed E-state index contributed by atoms with van der Waals surface area (Å²) < 4.78 is 50.4. The van der Waals surface area contributed by atoms with E-state index in [4.69, 9.17) is 11.6 Å². The van der Waals surface area contributed by atoms with Crippen LogP contribution in [0.4, 0.5) is 0 Å². The van der Waals surface area contributed by atoms with Gasteiger partial charge in [-0.25, -0.2) is 16.8 Å². The molecule has 134 valence electrons. The minimum absolute atomic E-state index is 0.0706. The molecule has 1 aromatic rings. The van der Waals surface area contributed by atoms with Gasteiger partial charge in [0.2, 0.25) is 0 Å². The van der Waals surface area contributed by atoms with Crippen LogP contribution < -0.4 is 0 Å². The first kappa shape index (κ1) is 18.2. The van der Waals surface area contributed by atoms with Crippen LogP contribution in [0.2, 0.25) is 5.02 Å². The molecule has 0 bridgehead atoms. The lowest BCUT2D eigenvalue weighted by atomic mass is 9.98. The van der Waals surface area contributed by atoms with E-state index in [0.717, 1.165) is 25.9 Å². The van der Waals surface area contributed by atoms with Gasteiger partial charge in [0, 0.05) is 11.1 Å². The Bertz CT molecular complexity index is 797. The highest BCUT2D eigenvalue weighted by Crippen LogP contribution is 2.31. The monoisotopic (exact) mass is 391 g/mol. The van der Waals surface area contributed by atoms with Crippen molar-refractivity contribution in [3.63, 3.8) is 0 Å². The van der Waals surface area contributed by atoms with Crippen molar-refractivity contribution in [2.24, 2.45) is 5.92 Å². The molecular weight excluding hydrogens is 370 g/mol. The van der Waals surface area contributed by atoms with Gasteiger partial charge in [0.05, 0.1) is 21.7 Å². The number of sulfone groups is 2. The van der Waals surface area contributed by atoms with E-state index < -0.39 is 31.0 Å². The Kier molecular flexibility index (Phi) is 4.99. The van der Waals surface area contributed by atoms with E-state index in [2.05, 4.69) is 11.8 Å². The third kappa shape index (κ3) is 3.64. The second-order valence-corrected chi connectivity index (χ2v) is 11.7. The van der Waals surface area contributed by atoms with Crippen molar-refractivity contribution in [1.82, 2.24) is 4.90 Å². The summed E-state index contributed by atoms with van der Waals surface area (Å²) in [5.74, 6) is 0.235. The van der Waals surface area contributed by atoms with Gasteiger partial charge in [0.1, 0.15) is 0 Å². The summed E-state index contributed by atoms with van der Waals surface area (Å²) in [4.78, 5) is 2.20. The minimum atomic E-state index is -3.72. The van der Waals surface area contributed by atoms with Crippen LogP contribution in [0.1, 0.15) is 19.8 Å². The molecule has 0 N–H and O–H groups in total. The molecule has 0 amide bonds. The fourth-order valence-electron chi connectivity index (χ4n) is 3.59. The third-order valence-corrected chi connectivity index (χ3v) is 9.49. The van der Waals surface area contributed by atoms with Crippen LogP contribution in [0, 0.1) is 5.92 Å².